The van der Waals surface area contributed by atoms with Gasteiger partial charge in [-0.3, -0.25) is 0 Å². The van der Waals surface area contributed by atoms with Gasteiger partial charge in [-0.1, -0.05) is 0 Å². The number of unbranched alkanes of at least 4 members (excludes halogenated alkanes) is 1. The maximum atomic E-state index is 7.80. The average Bonchev–Trinajstić information content (AvgIpc) is 2.02. The molecule has 0 fully saturated rings. The van der Waals surface area contributed by atoms with Crippen LogP contribution in [-0.4, -0.2) is 6.04 Å². The first kappa shape index (κ1) is 12.1. The molecule has 11 heavy (non-hydrogen) atoms. The first-order valence-electron chi connectivity index (χ1n) is 3.08. The Bertz CT molecular complexity index is 174. The van der Waals surface area contributed by atoms with Crippen molar-refractivity contribution < 1.29 is 0 Å². The van der Waals surface area contributed by atoms with Crippen molar-refractivity contribution in [2.45, 2.75) is 25.8 Å². The Labute approximate surface area is 66.5 Å². The molecule has 0 amide bonds. The van der Waals surface area contributed by atoms with Gasteiger partial charge in [-0.2, -0.15) is 15.8 Å². The van der Waals surface area contributed by atoms with Gasteiger partial charge in [0.25, 0.3) is 0 Å². The smallest absolute Gasteiger partial charge is 0.0899 e. The van der Waals surface area contributed by atoms with E-state index >= 15 is 0 Å². The summed E-state index contributed by atoms with van der Waals surface area (Å²) in [5.41, 5.74) is 4.93. The molecule has 0 heterocycles. The fraction of sp³-hybridized carbons (Fsp3) is 0.571. The lowest BCUT2D eigenvalue weighted by Gasteiger charge is -1.78. The van der Waals surface area contributed by atoms with Gasteiger partial charge in [-0.15, -0.1) is 0 Å². The summed E-state index contributed by atoms with van der Waals surface area (Å²) in [5.74, 6) is 0. The SMILES string of the molecule is CC(N)C#N.N#CCCC#N. The highest BCUT2D eigenvalue weighted by Gasteiger charge is 1.78. The number of rotatable bonds is 1. The monoisotopic (exact) mass is 150 g/mol. The van der Waals surface area contributed by atoms with Crippen LogP contribution in [0.15, 0.2) is 0 Å². The van der Waals surface area contributed by atoms with Crippen LogP contribution in [0, 0.1) is 34.0 Å². The Balaban J connectivity index is 0. The summed E-state index contributed by atoms with van der Waals surface area (Å²) in [6.45, 7) is 1.64. The molecule has 0 rings (SSSR count). The summed E-state index contributed by atoms with van der Waals surface area (Å²) in [4.78, 5) is 0. The van der Waals surface area contributed by atoms with E-state index in [4.69, 9.17) is 21.5 Å². The first-order chi connectivity index (χ1) is 5.18. The standard InChI is InChI=1S/C4H4N2.C3H6N2/c5-3-1-2-4-6;1-3(5)2-4/h1-2H2;3H,5H2,1H3. The molecule has 58 valence electrons. The van der Waals surface area contributed by atoms with Crippen LogP contribution >= 0.6 is 0 Å². The second-order valence-corrected chi connectivity index (χ2v) is 1.73. The minimum Gasteiger partial charge on any atom is -0.316 e. The number of nitriles is 3. The molecule has 0 aromatic rings. The van der Waals surface area contributed by atoms with Crippen molar-refractivity contribution in [2.24, 2.45) is 5.73 Å². The van der Waals surface area contributed by atoms with Crippen molar-refractivity contribution in [3.63, 3.8) is 0 Å². The lowest BCUT2D eigenvalue weighted by Crippen LogP contribution is -2.09. The number of nitrogens with two attached hydrogens (primary N) is 1. The van der Waals surface area contributed by atoms with Crippen LogP contribution in [0.2, 0.25) is 0 Å². The van der Waals surface area contributed by atoms with Gasteiger partial charge in [0, 0.05) is 12.8 Å². The maximum absolute atomic E-state index is 7.80. The fourth-order valence-electron chi connectivity index (χ4n) is 0.112. The highest BCUT2D eigenvalue weighted by atomic mass is 14.6. The first-order valence-corrected chi connectivity index (χ1v) is 3.08. The molecule has 0 aromatic heterocycles. The molecule has 0 saturated heterocycles. The van der Waals surface area contributed by atoms with E-state index in [1.165, 1.54) is 0 Å². The van der Waals surface area contributed by atoms with E-state index in [1.54, 1.807) is 13.0 Å². The summed E-state index contributed by atoms with van der Waals surface area (Å²) < 4.78 is 0. The molecule has 0 aliphatic rings. The molecular weight excluding hydrogens is 140 g/mol. The molecule has 0 aliphatic carbocycles. The second-order valence-electron chi connectivity index (χ2n) is 1.73. The summed E-state index contributed by atoms with van der Waals surface area (Å²) in [7, 11) is 0. The van der Waals surface area contributed by atoms with Crippen LogP contribution in [0.1, 0.15) is 19.8 Å². The normalized spacial score (nSPS) is 9.00. The van der Waals surface area contributed by atoms with Gasteiger partial charge < -0.3 is 5.73 Å². The van der Waals surface area contributed by atoms with E-state index in [9.17, 15) is 0 Å². The highest BCUT2D eigenvalue weighted by molar-refractivity contribution is 4.80. The number of nitrogens with zero attached hydrogens (tertiary/aromatic N) is 3. The van der Waals surface area contributed by atoms with Crippen molar-refractivity contribution in [2.75, 3.05) is 0 Å². The summed E-state index contributed by atoms with van der Waals surface area (Å²) in [5, 5.41) is 23.4. The number of hydrogen-bond acceptors (Lipinski definition) is 4. The third-order valence-electron chi connectivity index (χ3n) is 0.552. The third kappa shape index (κ3) is 29.6. The predicted molar refractivity (Wildman–Crippen MR) is 39.7 cm³/mol. The molecule has 4 nitrogen and oxygen atoms in total. The average molecular weight is 150 g/mol. The quantitative estimate of drug-likeness (QED) is 0.555. The van der Waals surface area contributed by atoms with Crippen LogP contribution in [0.3, 0.4) is 0 Å². The molecule has 4 heteroatoms. The largest absolute Gasteiger partial charge is 0.316 e. The van der Waals surface area contributed by atoms with Gasteiger partial charge in [0.2, 0.25) is 0 Å². The Morgan fingerprint density at radius 2 is 1.45 bits per heavy atom. The maximum Gasteiger partial charge on any atom is 0.0899 e. The van der Waals surface area contributed by atoms with E-state index in [0.717, 1.165) is 0 Å². The van der Waals surface area contributed by atoms with Crippen molar-refractivity contribution in [1.82, 2.24) is 0 Å². The molecule has 0 aliphatic heterocycles. The van der Waals surface area contributed by atoms with Crippen LogP contribution in [0.5, 0.6) is 0 Å². The minimum atomic E-state index is -0.310. The molecule has 0 bridgehead atoms. The lowest BCUT2D eigenvalue weighted by molar-refractivity contribution is 0.940. The third-order valence-corrected chi connectivity index (χ3v) is 0.552. The van der Waals surface area contributed by atoms with Crippen molar-refractivity contribution in [3.8, 4) is 18.2 Å². The Morgan fingerprint density at radius 1 is 1.18 bits per heavy atom. The van der Waals surface area contributed by atoms with Gasteiger partial charge in [0.15, 0.2) is 0 Å². The summed E-state index contributed by atoms with van der Waals surface area (Å²) in [6, 6.07) is 5.19. The van der Waals surface area contributed by atoms with Crippen LogP contribution in [0.4, 0.5) is 0 Å². The van der Waals surface area contributed by atoms with Crippen LogP contribution in [0.25, 0.3) is 0 Å². The second kappa shape index (κ2) is 11.3. The molecule has 1 unspecified atom stereocenters. The summed E-state index contributed by atoms with van der Waals surface area (Å²) >= 11 is 0. The van der Waals surface area contributed by atoms with Gasteiger partial charge in [0.05, 0.1) is 24.2 Å². The van der Waals surface area contributed by atoms with E-state index in [0.29, 0.717) is 12.8 Å². The zero-order chi connectivity index (χ0) is 9.11. The molecule has 0 spiro atoms. The Hall–Kier alpha value is -1.57. The van der Waals surface area contributed by atoms with Gasteiger partial charge in [-0.05, 0) is 6.92 Å². The molecule has 0 radical (unpaired) electrons. The van der Waals surface area contributed by atoms with E-state index < -0.39 is 0 Å². The van der Waals surface area contributed by atoms with Gasteiger partial charge >= 0.3 is 0 Å². The highest BCUT2D eigenvalue weighted by Crippen LogP contribution is 1.78. The molecule has 0 aromatic carbocycles. The lowest BCUT2D eigenvalue weighted by atomic mass is 10.4. The van der Waals surface area contributed by atoms with Crippen molar-refractivity contribution >= 4 is 0 Å². The zero-order valence-corrected chi connectivity index (χ0v) is 6.41. The van der Waals surface area contributed by atoms with Crippen LogP contribution in [-0.2, 0) is 0 Å². The predicted octanol–water partition coefficient (Wildman–Crippen LogP) is 0.671. The molecular formula is C7H10N4. The van der Waals surface area contributed by atoms with Gasteiger partial charge in [0.1, 0.15) is 0 Å². The van der Waals surface area contributed by atoms with Crippen molar-refractivity contribution in [3.05, 3.63) is 0 Å². The fourth-order valence-corrected chi connectivity index (χ4v) is 0.112. The summed E-state index contributed by atoms with van der Waals surface area (Å²) in [6.07, 6.45) is 0.715. The molecule has 2 N–H and O–H groups in total. The van der Waals surface area contributed by atoms with Crippen LogP contribution < -0.4 is 5.73 Å². The molecule has 1 atom stereocenters. The van der Waals surface area contributed by atoms with E-state index in [2.05, 4.69) is 0 Å². The Kier molecular flexibility index (Phi) is 12.4. The topological polar surface area (TPSA) is 97.4 Å². The Morgan fingerprint density at radius 3 is 1.55 bits per heavy atom. The van der Waals surface area contributed by atoms with E-state index in [1.807, 2.05) is 12.1 Å². The van der Waals surface area contributed by atoms with E-state index in [-0.39, 0.29) is 6.04 Å². The zero-order valence-electron chi connectivity index (χ0n) is 6.41. The van der Waals surface area contributed by atoms with Gasteiger partial charge in [-0.25, -0.2) is 0 Å². The number of hydrogen-bond donors (Lipinski definition) is 1. The minimum absolute atomic E-state index is 0.310. The van der Waals surface area contributed by atoms with Crippen molar-refractivity contribution in [1.29, 1.82) is 15.8 Å². The molecule has 0 saturated carbocycles.